The van der Waals surface area contributed by atoms with Crippen molar-refractivity contribution in [3.63, 3.8) is 0 Å². The molecule has 0 aromatic rings. The van der Waals surface area contributed by atoms with E-state index in [0.29, 0.717) is 12.3 Å². The lowest BCUT2D eigenvalue weighted by molar-refractivity contribution is -0.121. The predicted molar refractivity (Wildman–Crippen MR) is 77.2 cm³/mol. The van der Waals surface area contributed by atoms with Gasteiger partial charge in [0.2, 0.25) is 5.91 Å². The molecular weight excluding hydrogens is 240 g/mol. The third kappa shape index (κ3) is 5.47. The van der Waals surface area contributed by atoms with E-state index in [0.717, 1.165) is 52.1 Å². The topological polar surface area (TPSA) is 47.6 Å². The maximum Gasteiger partial charge on any atom is 0.220 e. The van der Waals surface area contributed by atoms with Crippen LogP contribution in [0.3, 0.4) is 0 Å². The zero-order valence-corrected chi connectivity index (χ0v) is 12.2. The fourth-order valence-electron chi connectivity index (χ4n) is 2.82. The number of amides is 1. The maximum atomic E-state index is 11.7. The summed E-state index contributed by atoms with van der Waals surface area (Å²) in [4.78, 5) is 16.6. The third-order valence-electron chi connectivity index (χ3n) is 4.21. The van der Waals surface area contributed by atoms with E-state index in [1.807, 2.05) is 0 Å². The maximum absolute atomic E-state index is 11.7. The van der Waals surface area contributed by atoms with Gasteiger partial charge in [-0.05, 0) is 45.4 Å². The summed E-state index contributed by atoms with van der Waals surface area (Å²) in [6.45, 7) is 8.68. The Morgan fingerprint density at radius 3 is 2.79 bits per heavy atom. The van der Waals surface area contributed by atoms with Crippen molar-refractivity contribution in [3.8, 4) is 0 Å². The Hall–Kier alpha value is -0.650. The van der Waals surface area contributed by atoms with Gasteiger partial charge in [-0.25, -0.2) is 0 Å². The molecule has 1 atom stereocenters. The van der Waals surface area contributed by atoms with E-state index < -0.39 is 0 Å². The van der Waals surface area contributed by atoms with Crippen LogP contribution in [0.5, 0.6) is 0 Å². The number of rotatable bonds is 6. The van der Waals surface area contributed by atoms with Crippen LogP contribution in [-0.4, -0.2) is 75.1 Å². The first-order valence-electron chi connectivity index (χ1n) is 7.62. The summed E-state index contributed by atoms with van der Waals surface area (Å²) in [7, 11) is 2.18. The number of piperazine rings is 1. The highest BCUT2D eigenvalue weighted by Gasteiger charge is 2.17. The van der Waals surface area contributed by atoms with E-state index in [-0.39, 0.29) is 5.91 Å². The highest BCUT2D eigenvalue weighted by molar-refractivity contribution is 5.76. The SMILES string of the molecule is CN1CCN(CCCNC(=O)CC2CCNC2)CC1. The Bertz CT molecular complexity index is 271. The first kappa shape index (κ1) is 14.8. The Balaban J connectivity index is 1.48. The zero-order valence-electron chi connectivity index (χ0n) is 12.2. The second-order valence-corrected chi connectivity index (χ2v) is 5.91. The minimum Gasteiger partial charge on any atom is -0.356 e. The molecule has 0 spiro atoms. The number of hydrogen-bond donors (Lipinski definition) is 2. The molecule has 19 heavy (non-hydrogen) atoms. The van der Waals surface area contributed by atoms with Crippen molar-refractivity contribution < 1.29 is 4.79 Å². The summed E-state index contributed by atoms with van der Waals surface area (Å²) >= 11 is 0. The van der Waals surface area contributed by atoms with Crippen molar-refractivity contribution in [2.45, 2.75) is 19.3 Å². The second-order valence-electron chi connectivity index (χ2n) is 5.91. The lowest BCUT2D eigenvalue weighted by Gasteiger charge is -2.32. The van der Waals surface area contributed by atoms with Crippen molar-refractivity contribution in [1.82, 2.24) is 20.4 Å². The molecule has 2 fully saturated rings. The number of nitrogens with one attached hydrogen (secondary N) is 2. The van der Waals surface area contributed by atoms with Gasteiger partial charge in [-0.1, -0.05) is 0 Å². The van der Waals surface area contributed by atoms with Gasteiger partial charge in [-0.3, -0.25) is 4.79 Å². The average Bonchev–Trinajstić information content (AvgIpc) is 2.89. The van der Waals surface area contributed by atoms with Gasteiger partial charge in [0.15, 0.2) is 0 Å². The van der Waals surface area contributed by atoms with Gasteiger partial charge in [0.1, 0.15) is 0 Å². The summed E-state index contributed by atoms with van der Waals surface area (Å²) in [5, 5.41) is 6.35. The van der Waals surface area contributed by atoms with Gasteiger partial charge in [-0.15, -0.1) is 0 Å². The summed E-state index contributed by atoms with van der Waals surface area (Å²) < 4.78 is 0. The molecule has 5 nitrogen and oxygen atoms in total. The van der Waals surface area contributed by atoms with Gasteiger partial charge in [0.05, 0.1) is 0 Å². The molecule has 2 rings (SSSR count). The van der Waals surface area contributed by atoms with Crippen molar-refractivity contribution in [1.29, 1.82) is 0 Å². The Kier molecular flexibility index (Phi) is 6.07. The molecule has 0 aliphatic carbocycles. The highest BCUT2D eigenvalue weighted by Crippen LogP contribution is 2.11. The monoisotopic (exact) mass is 268 g/mol. The van der Waals surface area contributed by atoms with Crippen LogP contribution in [0.1, 0.15) is 19.3 Å². The van der Waals surface area contributed by atoms with Crippen molar-refractivity contribution >= 4 is 5.91 Å². The third-order valence-corrected chi connectivity index (χ3v) is 4.21. The van der Waals surface area contributed by atoms with Crippen LogP contribution in [0.15, 0.2) is 0 Å². The van der Waals surface area contributed by atoms with E-state index in [9.17, 15) is 4.79 Å². The van der Waals surface area contributed by atoms with Gasteiger partial charge in [-0.2, -0.15) is 0 Å². The van der Waals surface area contributed by atoms with Crippen LogP contribution in [-0.2, 0) is 4.79 Å². The largest absolute Gasteiger partial charge is 0.356 e. The number of nitrogens with zero attached hydrogens (tertiary/aromatic N) is 2. The van der Waals surface area contributed by atoms with Crippen LogP contribution in [0.2, 0.25) is 0 Å². The van der Waals surface area contributed by atoms with Gasteiger partial charge in [0.25, 0.3) is 0 Å². The fourth-order valence-corrected chi connectivity index (χ4v) is 2.82. The second kappa shape index (κ2) is 7.82. The standard InChI is InChI=1S/C14H28N4O/c1-17-7-9-18(10-8-17)6-2-4-16-14(19)11-13-3-5-15-12-13/h13,15H,2-12H2,1H3,(H,16,19). The molecule has 2 aliphatic rings. The van der Waals surface area contributed by atoms with Crippen molar-refractivity contribution in [2.75, 3.05) is 59.4 Å². The Morgan fingerprint density at radius 1 is 1.32 bits per heavy atom. The number of likely N-dealkylation sites (N-methyl/N-ethyl adjacent to an activating group) is 1. The molecule has 0 aromatic heterocycles. The van der Waals surface area contributed by atoms with Crippen molar-refractivity contribution in [3.05, 3.63) is 0 Å². The molecule has 5 heteroatoms. The lowest BCUT2D eigenvalue weighted by atomic mass is 10.0. The predicted octanol–water partition coefficient (Wildman–Crippen LogP) is -0.260. The number of carbonyl (C=O) groups is 1. The van der Waals surface area contributed by atoms with E-state index in [4.69, 9.17) is 0 Å². The molecule has 0 aromatic carbocycles. The molecule has 2 heterocycles. The summed E-state index contributed by atoms with van der Waals surface area (Å²) in [5.74, 6) is 0.782. The van der Waals surface area contributed by atoms with Crippen LogP contribution in [0.4, 0.5) is 0 Å². The van der Waals surface area contributed by atoms with Gasteiger partial charge in [0, 0.05) is 39.1 Å². The zero-order chi connectivity index (χ0) is 13.5. The fraction of sp³-hybridized carbons (Fsp3) is 0.929. The van der Waals surface area contributed by atoms with Gasteiger partial charge >= 0.3 is 0 Å². The lowest BCUT2D eigenvalue weighted by Crippen LogP contribution is -2.45. The van der Waals surface area contributed by atoms with Gasteiger partial charge < -0.3 is 20.4 Å². The van der Waals surface area contributed by atoms with E-state index in [1.165, 1.54) is 13.1 Å². The van der Waals surface area contributed by atoms with E-state index in [1.54, 1.807) is 0 Å². The van der Waals surface area contributed by atoms with Crippen LogP contribution in [0, 0.1) is 5.92 Å². The normalized spacial score (nSPS) is 25.6. The number of hydrogen-bond acceptors (Lipinski definition) is 4. The molecule has 0 saturated carbocycles. The quantitative estimate of drug-likeness (QED) is 0.652. The molecule has 0 radical (unpaired) electrons. The average molecular weight is 268 g/mol. The summed E-state index contributed by atoms with van der Waals surface area (Å²) in [6, 6.07) is 0. The van der Waals surface area contributed by atoms with Crippen LogP contribution < -0.4 is 10.6 Å². The summed E-state index contributed by atoms with van der Waals surface area (Å²) in [6.07, 6.45) is 2.91. The molecule has 110 valence electrons. The molecule has 1 amide bonds. The van der Waals surface area contributed by atoms with E-state index >= 15 is 0 Å². The van der Waals surface area contributed by atoms with E-state index in [2.05, 4.69) is 27.5 Å². The highest BCUT2D eigenvalue weighted by atomic mass is 16.1. The molecule has 2 saturated heterocycles. The Morgan fingerprint density at radius 2 is 2.11 bits per heavy atom. The molecule has 1 unspecified atom stereocenters. The first-order valence-corrected chi connectivity index (χ1v) is 7.62. The minimum absolute atomic E-state index is 0.229. The number of carbonyl (C=O) groups excluding carboxylic acids is 1. The Labute approximate surface area is 116 Å². The molecule has 2 N–H and O–H groups in total. The summed E-state index contributed by atoms with van der Waals surface area (Å²) in [5.41, 5.74) is 0. The molecular formula is C14H28N4O. The smallest absolute Gasteiger partial charge is 0.220 e. The first-order chi connectivity index (χ1) is 9.24. The van der Waals surface area contributed by atoms with Crippen molar-refractivity contribution in [2.24, 2.45) is 5.92 Å². The van der Waals surface area contributed by atoms with Crippen LogP contribution >= 0.6 is 0 Å². The van der Waals surface area contributed by atoms with Crippen LogP contribution in [0.25, 0.3) is 0 Å². The minimum atomic E-state index is 0.229. The molecule has 2 aliphatic heterocycles. The molecule has 0 bridgehead atoms.